The zero-order chi connectivity index (χ0) is 19.6. The topological polar surface area (TPSA) is 96.0 Å². The Morgan fingerprint density at radius 2 is 2.07 bits per heavy atom. The number of thioether (sulfide) groups is 1. The van der Waals surface area contributed by atoms with Crippen molar-refractivity contribution in [3.8, 4) is 10.7 Å². The molecule has 1 fully saturated rings. The molecule has 10 heteroatoms. The van der Waals surface area contributed by atoms with Crippen LogP contribution < -0.4 is 4.90 Å². The predicted molar refractivity (Wildman–Crippen MR) is 111 cm³/mol. The van der Waals surface area contributed by atoms with Crippen LogP contribution in [0.4, 0.5) is 5.69 Å². The summed E-state index contributed by atoms with van der Waals surface area (Å²) in [4.78, 5) is 20.0. The Morgan fingerprint density at radius 1 is 1.25 bits per heavy atom. The highest BCUT2D eigenvalue weighted by molar-refractivity contribution is 7.99. The Labute approximate surface area is 171 Å². The quantitative estimate of drug-likeness (QED) is 0.600. The maximum atomic E-state index is 13.0. The van der Waals surface area contributed by atoms with Gasteiger partial charge in [-0.1, -0.05) is 36.0 Å². The van der Waals surface area contributed by atoms with Gasteiger partial charge in [-0.2, -0.15) is 0 Å². The van der Waals surface area contributed by atoms with E-state index in [2.05, 4.69) is 15.2 Å². The zero-order valence-electron chi connectivity index (χ0n) is 14.8. The van der Waals surface area contributed by atoms with Crippen LogP contribution in [0.5, 0.6) is 0 Å². The first-order valence-corrected chi connectivity index (χ1v) is 12.4. The summed E-state index contributed by atoms with van der Waals surface area (Å²) in [6, 6.07) is 12.8. The Kier molecular flexibility index (Phi) is 5.51. The molecule has 146 valence electrons. The van der Waals surface area contributed by atoms with Gasteiger partial charge in [-0.25, -0.2) is 13.4 Å². The molecule has 0 radical (unpaired) electrons. The number of nitrogens with one attached hydrogen (secondary N) is 1. The van der Waals surface area contributed by atoms with Crippen LogP contribution >= 0.6 is 23.1 Å². The van der Waals surface area contributed by atoms with Crippen LogP contribution in [0.15, 0.2) is 53.0 Å². The molecule has 2 aromatic heterocycles. The summed E-state index contributed by atoms with van der Waals surface area (Å²) in [7, 11) is -3.10. The molecule has 1 saturated heterocycles. The van der Waals surface area contributed by atoms with E-state index in [1.165, 1.54) is 11.8 Å². The monoisotopic (exact) mass is 434 g/mol. The van der Waals surface area contributed by atoms with E-state index in [1.54, 1.807) is 16.2 Å². The van der Waals surface area contributed by atoms with Gasteiger partial charge in [-0.05, 0) is 30.0 Å². The molecule has 1 aliphatic heterocycles. The van der Waals surface area contributed by atoms with Crippen molar-refractivity contribution in [2.24, 2.45) is 0 Å². The highest BCUT2D eigenvalue weighted by atomic mass is 32.2. The zero-order valence-corrected chi connectivity index (χ0v) is 17.3. The average molecular weight is 435 g/mol. The van der Waals surface area contributed by atoms with Crippen molar-refractivity contribution in [2.75, 3.05) is 22.2 Å². The molecule has 0 unspecified atom stereocenters. The van der Waals surface area contributed by atoms with E-state index < -0.39 is 9.84 Å². The average Bonchev–Trinajstić information content (AvgIpc) is 3.42. The molecule has 1 amide bonds. The summed E-state index contributed by atoms with van der Waals surface area (Å²) in [5.41, 5.74) is 0.712. The molecule has 7 nitrogen and oxygen atoms in total. The lowest BCUT2D eigenvalue weighted by Crippen LogP contribution is -2.42. The third-order valence-electron chi connectivity index (χ3n) is 4.42. The first-order chi connectivity index (χ1) is 13.5. The lowest BCUT2D eigenvalue weighted by atomic mass is 10.2. The molecule has 0 saturated carbocycles. The minimum Gasteiger partial charge on any atom is -0.308 e. The normalized spacial score (nSPS) is 18.2. The van der Waals surface area contributed by atoms with Gasteiger partial charge < -0.3 is 4.90 Å². The highest BCUT2D eigenvalue weighted by Crippen LogP contribution is 2.27. The third kappa shape index (κ3) is 4.29. The second kappa shape index (κ2) is 8.06. The summed E-state index contributed by atoms with van der Waals surface area (Å²) in [6.45, 7) is 0. The summed E-state index contributed by atoms with van der Waals surface area (Å²) in [5.74, 6) is 0.772. The molecule has 1 aromatic carbocycles. The maximum Gasteiger partial charge on any atom is 0.237 e. The van der Waals surface area contributed by atoms with Crippen molar-refractivity contribution in [2.45, 2.75) is 17.6 Å². The minimum atomic E-state index is -3.10. The first kappa shape index (κ1) is 19.2. The largest absolute Gasteiger partial charge is 0.308 e. The number of rotatable bonds is 6. The van der Waals surface area contributed by atoms with Gasteiger partial charge >= 0.3 is 0 Å². The Bertz CT molecular complexity index is 1050. The van der Waals surface area contributed by atoms with Crippen LogP contribution in [0.25, 0.3) is 10.7 Å². The van der Waals surface area contributed by atoms with Gasteiger partial charge in [0.2, 0.25) is 11.1 Å². The molecule has 0 bridgehead atoms. The standard InChI is InChI=1S/C18H18N4O3S3/c23-16(11-27-18-19-17(20-21-18)15-7-4-9-26-15)22(13-5-2-1-3-6-13)14-8-10-28(24,25)12-14/h1-7,9,14H,8,10-12H2,(H,19,20,21)/t14-/m0/s1. The van der Waals surface area contributed by atoms with E-state index in [4.69, 9.17) is 0 Å². The number of aromatic amines is 1. The molecular formula is C18H18N4O3S3. The molecule has 1 N–H and O–H groups in total. The van der Waals surface area contributed by atoms with Crippen LogP contribution in [0.1, 0.15) is 6.42 Å². The molecule has 3 heterocycles. The van der Waals surface area contributed by atoms with Crippen LogP contribution in [-0.2, 0) is 14.6 Å². The number of anilines is 1. The van der Waals surface area contributed by atoms with Crippen LogP contribution in [0, 0.1) is 0 Å². The number of amides is 1. The van der Waals surface area contributed by atoms with Gasteiger partial charge in [0.15, 0.2) is 15.7 Å². The first-order valence-electron chi connectivity index (χ1n) is 8.68. The Balaban J connectivity index is 1.48. The number of thiophene rings is 1. The van der Waals surface area contributed by atoms with Crippen molar-refractivity contribution in [1.82, 2.24) is 15.2 Å². The molecule has 3 aromatic rings. The van der Waals surface area contributed by atoms with E-state index in [9.17, 15) is 13.2 Å². The van der Waals surface area contributed by atoms with Crippen molar-refractivity contribution in [3.63, 3.8) is 0 Å². The van der Waals surface area contributed by atoms with Crippen molar-refractivity contribution in [1.29, 1.82) is 0 Å². The second-order valence-corrected chi connectivity index (χ2v) is 10.5. The summed E-state index contributed by atoms with van der Waals surface area (Å²) in [5, 5.41) is 9.50. The number of para-hydroxylation sites is 1. The lowest BCUT2D eigenvalue weighted by molar-refractivity contribution is -0.116. The van der Waals surface area contributed by atoms with E-state index >= 15 is 0 Å². The fourth-order valence-corrected chi connectivity index (χ4v) is 6.18. The number of hydrogen-bond acceptors (Lipinski definition) is 7. The molecule has 0 aliphatic carbocycles. The van der Waals surface area contributed by atoms with E-state index in [-0.39, 0.29) is 29.2 Å². The summed E-state index contributed by atoms with van der Waals surface area (Å²) in [6.07, 6.45) is 0.455. The van der Waals surface area contributed by atoms with Crippen molar-refractivity contribution in [3.05, 3.63) is 47.8 Å². The molecule has 0 spiro atoms. The van der Waals surface area contributed by atoms with Crippen LogP contribution in [0.3, 0.4) is 0 Å². The fourth-order valence-electron chi connectivity index (χ4n) is 3.16. The molecule has 1 atom stereocenters. The minimum absolute atomic E-state index is 0.00147. The number of aromatic nitrogens is 3. The van der Waals surface area contributed by atoms with E-state index in [0.29, 0.717) is 23.1 Å². The SMILES string of the molecule is O=C(CSc1n[nH]c(-c2cccs2)n1)N(c1ccccc1)[C@H]1CCS(=O)(=O)C1. The number of benzene rings is 1. The van der Waals surface area contributed by atoms with Gasteiger partial charge in [0.25, 0.3) is 0 Å². The number of hydrogen-bond donors (Lipinski definition) is 1. The highest BCUT2D eigenvalue weighted by Gasteiger charge is 2.35. The van der Waals surface area contributed by atoms with Crippen molar-refractivity contribution >= 4 is 44.5 Å². The number of H-pyrrole nitrogens is 1. The van der Waals surface area contributed by atoms with Gasteiger partial charge in [0.05, 0.1) is 28.2 Å². The van der Waals surface area contributed by atoms with Gasteiger partial charge in [0, 0.05) is 5.69 Å². The molecule has 4 rings (SSSR count). The fraction of sp³-hybridized carbons (Fsp3) is 0.278. The van der Waals surface area contributed by atoms with Crippen LogP contribution in [-0.4, -0.2) is 52.8 Å². The Morgan fingerprint density at radius 3 is 2.75 bits per heavy atom. The third-order valence-corrected chi connectivity index (χ3v) is 7.88. The summed E-state index contributed by atoms with van der Waals surface area (Å²) >= 11 is 2.80. The molecular weight excluding hydrogens is 416 g/mol. The lowest BCUT2D eigenvalue weighted by Gasteiger charge is -2.28. The van der Waals surface area contributed by atoms with Gasteiger partial charge in [-0.15, -0.1) is 16.4 Å². The van der Waals surface area contributed by atoms with E-state index in [1.807, 2.05) is 47.8 Å². The van der Waals surface area contributed by atoms with Crippen LogP contribution in [0.2, 0.25) is 0 Å². The van der Waals surface area contributed by atoms with Gasteiger partial charge in [-0.3, -0.25) is 9.89 Å². The van der Waals surface area contributed by atoms with Crippen molar-refractivity contribution < 1.29 is 13.2 Å². The molecule has 1 aliphatic rings. The number of sulfone groups is 1. The summed E-state index contributed by atoms with van der Waals surface area (Å²) < 4.78 is 23.9. The van der Waals surface area contributed by atoms with Gasteiger partial charge in [0.1, 0.15) is 0 Å². The predicted octanol–water partition coefficient (Wildman–Crippen LogP) is 2.85. The van der Waals surface area contributed by atoms with E-state index in [0.717, 1.165) is 4.88 Å². The maximum absolute atomic E-state index is 13.0. The number of nitrogens with zero attached hydrogens (tertiary/aromatic N) is 3. The smallest absolute Gasteiger partial charge is 0.237 e. The Hall–Kier alpha value is -2.17. The number of carbonyl (C=O) groups is 1. The molecule has 28 heavy (non-hydrogen) atoms. The second-order valence-electron chi connectivity index (χ2n) is 6.39. The number of carbonyl (C=O) groups excluding carboxylic acids is 1.